The first-order valence-corrected chi connectivity index (χ1v) is 7.47. The molecule has 114 valence electrons. The summed E-state index contributed by atoms with van der Waals surface area (Å²) in [6.45, 7) is 0. The largest absolute Gasteiger partial charge is 0.276 e. The summed E-state index contributed by atoms with van der Waals surface area (Å²) in [4.78, 5) is 36.9. The minimum Gasteiger partial charge on any atom is -0.276 e. The van der Waals surface area contributed by atoms with Crippen LogP contribution in [0.5, 0.6) is 0 Å². The number of carbonyl (C=O) groups excluding carboxylic acids is 3. The normalized spacial score (nSPS) is 18.0. The summed E-state index contributed by atoms with van der Waals surface area (Å²) in [5.41, 5.74) is 0.428. The Bertz CT molecular complexity index is 729. The molecule has 4 nitrogen and oxygen atoms in total. The van der Waals surface area contributed by atoms with Crippen molar-refractivity contribution in [3.05, 3.63) is 39.7 Å². The Balaban J connectivity index is 2.09. The molecule has 2 aliphatic rings. The van der Waals surface area contributed by atoms with Crippen LogP contribution in [-0.4, -0.2) is 17.1 Å². The van der Waals surface area contributed by atoms with Crippen LogP contribution in [0.2, 0.25) is 5.02 Å². The zero-order valence-corrected chi connectivity index (χ0v) is 12.8. The summed E-state index contributed by atoms with van der Waals surface area (Å²) in [5, 5.41) is -1.05. The van der Waals surface area contributed by atoms with E-state index in [1.165, 1.54) is 0 Å². The lowest BCUT2D eigenvalue weighted by Gasteiger charge is -2.17. The van der Waals surface area contributed by atoms with Gasteiger partial charge in [-0.25, -0.2) is 9.29 Å². The van der Waals surface area contributed by atoms with Gasteiger partial charge in [-0.2, -0.15) is 0 Å². The predicted molar refractivity (Wildman–Crippen MR) is 79.6 cm³/mol. The van der Waals surface area contributed by atoms with Crippen molar-refractivity contribution in [1.82, 2.24) is 0 Å². The van der Waals surface area contributed by atoms with E-state index < -0.39 is 22.9 Å². The molecule has 22 heavy (non-hydrogen) atoms. The van der Waals surface area contributed by atoms with Crippen LogP contribution < -0.4 is 4.90 Å². The summed E-state index contributed by atoms with van der Waals surface area (Å²) in [5.74, 6) is -1.92. The van der Waals surface area contributed by atoms with Crippen molar-refractivity contribution in [2.75, 3.05) is 4.90 Å². The molecule has 1 aliphatic heterocycles. The van der Waals surface area contributed by atoms with Crippen LogP contribution in [0.4, 0.5) is 10.1 Å². The van der Waals surface area contributed by atoms with Crippen molar-refractivity contribution in [3.8, 4) is 0 Å². The predicted octanol–water partition coefficient (Wildman–Crippen LogP) is 3.60. The molecule has 2 amide bonds. The highest BCUT2D eigenvalue weighted by atomic mass is 35.5. The second kappa shape index (κ2) is 5.48. The van der Waals surface area contributed by atoms with Crippen molar-refractivity contribution < 1.29 is 18.8 Å². The maximum absolute atomic E-state index is 14.2. The fraction of sp³-hybridized carbons (Fsp3) is 0.267. The minimum absolute atomic E-state index is 0.148. The van der Waals surface area contributed by atoms with E-state index in [2.05, 4.69) is 0 Å². The molecule has 0 saturated heterocycles. The molecule has 0 bridgehead atoms. The van der Waals surface area contributed by atoms with Crippen molar-refractivity contribution >= 4 is 45.9 Å². The minimum atomic E-state index is -0.886. The number of hydrogen-bond acceptors (Lipinski definition) is 3. The number of carbonyl (C=O) groups is 3. The Morgan fingerprint density at radius 1 is 1.09 bits per heavy atom. The van der Waals surface area contributed by atoms with Crippen molar-refractivity contribution in [2.45, 2.75) is 25.7 Å². The maximum Gasteiger partial charge on any atom is 0.261 e. The second-order valence-electron chi connectivity index (χ2n) is 5.17. The van der Waals surface area contributed by atoms with Gasteiger partial charge in [0.05, 0.1) is 16.3 Å². The van der Waals surface area contributed by atoms with Gasteiger partial charge in [-0.3, -0.25) is 14.4 Å². The molecule has 0 fully saturated rings. The summed E-state index contributed by atoms with van der Waals surface area (Å²) >= 11 is 11.1. The third-order valence-corrected chi connectivity index (χ3v) is 4.40. The van der Waals surface area contributed by atoms with Crippen LogP contribution in [0, 0.1) is 5.82 Å². The lowest BCUT2D eigenvalue weighted by molar-refractivity contribution is -0.120. The van der Waals surface area contributed by atoms with Crippen LogP contribution in [0.3, 0.4) is 0 Å². The molecule has 3 rings (SSSR count). The van der Waals surface area contributed by atoms with Crippen LogP contribution >= 0.6 is 23.2 Å². The monoisotopic (exact) mass is 341 g/mol. The molecule has 1 aromatic carbocycles. The van der Waals surface area contributed by atoms with E-state index in [0.717, 1.165) is 29.9 Å². The maximum atomic E-state index is 14.2. The molecule has 0 spiro atoms. The van der Waals surface area contributed by atoms with Gasteiger partial charge in [-0.15, -0.1) is 0 Å². The summed E-state index contributed by atoms with van der Waals surface area (Å²) in [7, 11) is 0. The van der Waals surface area contributed by atoms with Crippen LogP contribution in [-0.2, 0) is 9.59 Å². The molecular formula is C15H10Cl2FNO3. The Labute approximate surface area is 135 Å². The average molecular weight is 342 g/mol. The first-order chi connectivity index (χ1) is 10.4. The SMILES string of the molecule is O=C(Cl)c1cc(N2C(=O)C3=C(CCCC3)C2=O)c(F)cc1Cl. The Morgan fingerprint density at radius 2 is 1.64 bits per heavy atom. The molecule has 1 aromatic rings. The smallest absolute Gasteiger partial charge is 0.261 e. The molecular weight excluding hydrogens is 332 g/mol. The Kier molecular flexibility index (Phi) is 3.78. The molecule has 1 heterocycles. The van der Waals surface area contributed by atoms with Gasteiger partial charge in [0.25, 0.3) is 17.1 Å². The molecule has 0 saturated carbocycles. The highest BCUT2D eigenvalue weighted by Gasteiger charge is 2.41. The molecule has 0 N–H and O–H groups in total. The van der Waals surface area contributed by atoms with E-state index in [9.17, 15) is 18.8 Å². The van der Waals surface area contributed by atoms with E-state index in [0.29, 0.717) is 24.0 Å². The van der Waals surface area contributed by atoms with Crippen LogP contribution in [0.1, 0.15) is 36.0 Å². The number of anilines is 1. The first-order valence-electron chi connectivity index (χ1n) is 6.71. The molecule has 0 atom stereocenters. The lowest BCUT2D eigenvalue weighted by atomic mass is 9.93. The molecule has 0 radical (unpaired) electrons. The first kappa shape index (κ1) is 15.2. The summed E-state index contributed by atoms with van der Waals surface area (Å²) < 4.78 is 14.2. The summed E-state index contributed by atoms with van der Waals surface area (Å²) in [6.07, 6.45) is 2.65. The number of imide groups is 1. The van der Waals surface area contributed by atoms with E-state index in [4.69, 9.17) is 23.2 Å². The lowest BCUT2D eigenvalue weighted by Crippen LogP contribution is -2.32. The fourth-order valence-electron chi connectivity index (χ4n) is 2.82. The molecule has 0 unspecified atom stereocenters. The average Bonchev–Trinajstić information content (AvgIpc) is 2.72. The van der Waals surface area contributed by atoms with Crippen molar-refractivity contribution in [3.63, 3.8) is 0 Å². The number of halogens is 3. The zero-order valence-electron chi connectivity index (χ0n) is 11.3. The second-order valence-corrected chi connectivity index (χ2v) is 5.92. The number of nitrogens with zero attached hydrogens (tertiary/aromatic N) is 1. The van der Waals surface area contributed by atoms with Gasteiger partial charge in [0.1, 0.15) is 5.82 Å². The Hall–Kier alpha value is -1.72. The highest BCUT2D eigenvalue weighted by Crippen LogP contribution is 2.37. The van der Waals surface area contributed by atoms with Gasteiger partial charge in [-0.05, 0) is 49.4 Å². The molecule has 7 heteroatoms. The van der Waals surface area contributed by atoms with Crippen molar-refractivity contribution in [1.29, 1.82) is 0 Å². The van der Waals surface area contributed by atoms with E-state index in [1.807, 2.05) is 0 Å². The van der Waals surface area contributed by atoms with Gasteiger partial charge in [-0.1, -0.05) is 11.6 Å². The third kappa shape index (κ3) is 2.25. The fourth-order valence-corrected chi connectivity index (χ4v) is 3.26. The van der Waals surface area contributed by atoms with Crippen LogP contribution in [0.15, 0.2) is 23.3 Å². The number of hydrogen-bond donors (Lipinski definition) is 0. The van der Waals surface area contributed by atoms with E-state index in [1.54, 1.807) is 0 Å². The number of benzene rings is 1. The van der Waals surface area contributed by atoms with Gasteiger partial charge >= 0.3 is 0 Å². The van der Waals surface area contributed by atoms with Gasteiger partial charge < -0.3 is 0 Å². The zero-order chi connectivity index (χ0) is 16.0. The Morgan fingerprint density at radius 3 is 2.14 bits per heavy atom. The molecule has 1 aliphatic carbocycles. The van der Waals surface area contributed by atoms with Gasteiger partial charge in [0, 0.05) is 11.1 Å². The standard InChI is InChI=1S/C15H10Cl2FNO3/c16-10-6-11(18)12(5-9(10)13(17)20)19-14(21)7-3-1-2-4-8(7)15(19)22/h5-6H,1-4H2. The summed E-state index contributed by atoms with van der Waals surface area (Å²) in [6, 6.07) is 1.92. The number of amides is 2. The highest BCUT2D eigenvalue weighted by molar-refractivity contribution is 6.68. The van der Waals surface area contributed by atoms with Gasteiger partial charge in [0.2, 0.25) is 0 Å². The quantitative estimate of drug-likeness (QED) is 0.610. The number of rotatable bonds is 2. The van der Waals surface area contributed by atoms with Crippen molar-refractivity contribution in [2.24, 2.45) is 0 Å². The third-order valence-electron chi connectivity index (χ3n) is 3.88. The van der Waals surface area contributed by atoms with E-state index in [-0.39, 0.29) is 16.3 Å². The van der Waals surface area contributed by atoms with Gasteiger partial charge in [0.15, 0.2) is 0 Å². The topological polar surface area (TPSA) is 54.5 Å². The van der Waals surface area contributed by atoms with E-state index >= 15 is 0 Å². The van der Waals surface area contributed by atoms with Crippen LogP contribution in [0.25, 0.3) is 0 Å². The molecule has 0 aromatic heterocycles.